The Bertz CT molecular complexity index is 840. The number of halogens is 1. The molecule has 0 saturated carbocycles. The van der Waals surface area contributed by atoms with Crippen molar-refractivity contribution in [3.05, 3.63) is 74.7 Å². The molecule has 0 atom stereocenters. The number of hydrogen-bond acceptors (Lipinski definition) is 3. The first-order valence-corrected chi connectivity index (χ1v) is 7.40. The van der Waals surface area contributed by atoms with Crippen LogP contribution in [0.25, 0.3) is 5.65 Å². The molecule has 106 valence electrons. The number of fused-ring (bicyclic) bond motifs is 1. The van der Waals surface area contributed by atoms with Gasteiger partial charge in [-0.2, -0.15) is 0 Å². The molecule has 0 radical (unpaired) electrons. The largest absolute Gasteiger partial charge is 0.379 e. The average Bonchev–Trinajstić information content (AvgIpc) is 2.46. The summed E-state index contributed by atoms with van der Waals surface area (Å²) in [7, 11) is 0. The molecular weight excluding hydrogens is 330 g/mol. The maximum absolute atomic E-state index is 12.2. The second-order valence-electron chi connectivity index (χ2n) is 4.81. The smallest absolute Gasteiger partial charge is 0.258 e. The van der Waals surface area contributed by atoms with E-state index in [0.29, 0.717) is 12.2 Å². The molecule has 2 heterocycles. The molecular formula is C16H14BrN3O. The number of aryl methyl sites for hydroxylation is 1. The molecule has 0 saturated heterocycles. The van der Waals surface area contributed by atoms with Crippen LogP contribution in [0.2, 0.25) is 0 Å². The van der Waals surface area contributed by atoms with Crippen molar-refractivity contribution in [2.24, 2.45) is 0 Å². The van der Waals surface area contributed by atoms with Crippen LogP contribution in [0.5, 0.6) is 0 Å². The van der Waals surface area contributed by atoms with Gasteiger partial charge >= 0.3 is 0 Å². The van der Waals surface area contributed by atoms with Crippen LogP contribution in [-0.2, 0) is 6.54 Å². The molecule has 3 aromatic rings. The van der Waals surface area contributed by atoms with E-state index in [4.69, 9.17) is 0 Å². The van der Waals surface area contributed by atoms with Gasteiger partial charge in [0.15, 0.2) is 0 Å². The van der Waals surface area contributed by atoms with Crippen molar-refractivity contribution in [3.8, 4) is 0 Å². The summed E-state index contributed by atoms with van der Waals surface area (Å²) in [6, 6.07) is 15.1. The molecule has 0 aliphatic carbocycles. The highest BCUT2D eigenvalue weighted by Crippen LogP contribution is 2.14. The fourth-order valence-corrected chi connectivity index (χ4v) is 2.48. The van der Waals surface area contributed by atoms with Crippen molar-refractivity contribution in [3.63, 3.8) is 0 Å². The Hall–Kier alpha value is -2.14. The number of hydrogen-bond donors (Lipinski definition) is 1. The highest BCUT2D eigenvalue weighted by molar-refractivity contribution is 9.10. The molecule has 0 aliphatic heterocycles. The first kappa shape index (κ1) is 13.8. The Morgan fingerprint density at radius 1 is 1.19 bits per heavy atom. The predicted octanol–water partition coefficient (Wildman–Crippen LogP) is 3.38. The lowest BCUT2D eigenvalue weighted by atomic mass is 10.3. The van der Waals surface area contributed by atoms with Crippen LogP contribution < -0.4 is 10.9 Å². The standard InChI is InChI=1S/C16H14BrN3O/c1-11-3-2-4-15-19-14(9-16(21)20(11)15)10-18-13-7-5-12(17)6-8-13/h2-9,18H,10H2,1H3. The van der Waals surface area contributed by atoms with Gasteiger partial charge in [-0.1, -0.05) is 22.0 Å². The van der Waals surface area contributed by atoms with Crippen LogP contribution in [0.4, 0.5) is 5.69 Å². The van der Waals surface area contributed by atoms with Gasteiger partial charge in [0.1, 0.15) is 5.65 Å². The van der Waals surface area contributed by atoms with Gasteiger partial charge in [0.25, 0.3) is 5.56 Å². The fraction of sp³-hybridized carbons (Fsp3) is 0.125. The van der Waals surface area contributed by atoms with Gasteiger partial charge in [-0.3, -0.25) is 9.20 Å². The molecule has 1 aromatic carbocycles. The van der Waals surface area contributed by atoms with Crippen LogP contribution in [-0.4, -0.2) is 9.38 Å². The third-order valence-corrected chi connectivity index (χ3v) is 3.78. The zero-order valence-corrected chi connectivity index (χ0v) is 13.1. The summed E-state index contributed by atoms with van der Waals surface area (Å²) >= 11 is 3.40. The van der Waals surface area contributed by atoms with Crippen molar-refractivity contribution in [2.75, 3.05) is 5.32 Å². The van der Waals surface area contributed by atoms with Crippen molar-refractivity contribution >= 4 is 27.3 Å². The quantitative estimate of drug-likeness (QED) is 0.792. The van der Waals surface area contributed by atoms with Crippen molar-refractivity contribution in [1.29, 1.82) is 0 Å². The lowest BCUT2D eigenvalue weighted by Gasteiger charge is -2.08. The van der Waals surface area contributed by atoms with Gasteiger partial charge in [-0.25, -0.2) is 4.98 Å². The number of benzene rings is 1. The second-order valence-corrected chi connectivity index (χ2v) is 5.72. The van der Waals surface area contributed by atoms with Crippen molar-refractivity contribution in [2.45, 2.75) is 13.5 Å². The Morgan fingerprint density at radius 2 is 1.95 bits per heavy atom. The Labute approximate surface area is 130 Å². The maximum atomic E-state index is 12.2. The van der Waals surface area contributed by atoms with Gasteiger partial charge < -0.3 is 5.32 Å². The lowest BCUT2D eigenvalue weighted by Crippen LogP contribution is -2.18. The van der Waals surface area contributed by atoms with Crippen molar-refractivity contribution in [1.82, 2.24) is 9.38 Å². The van der Waals surface area contributed by atoms with E-state index < -0.39 is 0 Å². The number of nitrogens with zero attached hydrogens (tertiary/aromatic N) is 2. The fourth-order valence-electron chi connectivity index (χ4n) is 2.21. The summed E-state index contributed by atoms with van der Waals surface area (Å²) in [6.07, 6.45) is 0. The average molecular weight is 344 g/mol. The maximum Gasteiger partial charge on any atom is 0.258 e. The summed E-state index contributed by atoms with van der Waals surface area (Å²) in [5, 5.41) is 3.26. The molecule has 3 rings (SSSR count). The Morgan fingerprint density at radius 3 is 2.71 bits per heavy atom. The first-order valence-electron chi connectivity index (χ1n) is 6.61. The van der Waals surface area contributed by atoms with E-state index in [1.54, 1.807) is 10.5 Å². The minimum Gasteiger partial charge on any atom is -0.379 e. The van der Waals surface area contributed by atoms with Crippen LogP contribution in [0.1, 0.15) is 11.4 Å². The van der Waals surface area contributed by atoms with E-state index in [0.717, 1.165) is 21.5 Å². The molecule has 0 unspecified atom stereocenters. The van der Waals surface area contributed by atoms with Crippen molar-refractivity contribution < 1.29 is 0 Å². The highest BCUT2D eigenvalue weighted by Gasteiger charge is 2.04. The molecule has 2 aromatic heterocycles. The molecule has 5 heteroatoms. The Kier molecular flexibility index (Phi) is 3.75. The molecule has 4 nitrogen and oxygen atoms in total. The molecule has 0 fully saturated rings. The third-order valence-electron chi connectivity index (χ3n) is 3.25. The SMILES string of the molecule is Cc1cccc2nc(CNc3ccc(Br)cc3)cc(=O)n12. The van der Waals surface area contributed by atoms with E-state index in [2.05, 4.69) is 26.2 Å². The summed E-state index contributed by atoms with van der Waals surface area (Å²) in [5.41, 5.74) is 3.23. The number of anilines is 1. The van der Waals surface area contributed by atoms with E-state index in [1.807, 2.05) is 49.4 Å². The third kappa shape index (κ3) is 2.97. The van der Waals surface area contributed by atoms with Crippen LogP contribution >= 0.6 is 15.9 Å². The van der Waals surface area contributed by atoms with Gasteiger partial charge in [0.2, 0.25) is 0 Å². The predicted molar refractivity (Wildman–Crippen MR) is 87.7 cm³/mol. The van der Waals surface area contributed by atoms with E-state index >= 15 is 0 Å². The van der Waals surface area contributed by atoms with Gasteiger partial charge in [0.05, 0.1) is 12.2 Å². The Balaban J connectivity index is 1.88. The zero-order chi connectivity index (χ0) is 14.8. The molecule has 0 spiro atoms. The van der Waals surface area contributed by atoms with Gasteiger partial charge in [-0.05, 0) is 43.3 Å². The lowest BCUT2D eigenvalue weighted by molar-refractivity contribution is 0.943. The molecule has 0 bridgehead atoms. The number of nitrogens with one attached hydrogen (secondary N) is 1. The summed E-state index contributed by atoms with van der Waals surface area (Å²) in [4.78, 5) is 16.7. The van der Waals surface area contributed by atoms with Crippen LogP contribution in [0.15, 0.2) is 57.8 Å². The van der Waals surface area contributed by atoms with Crippen LogP contribution in [0, 0.1) is 6.92 Å². The number of aromatic nitrogens is 2. The molecule has 21 heavy (non-hydrogen) atoms. The molecule has 0 amide bonds. The molecule has 1 N–H and O–H groups in total. The second kappa shape index (κ2) is 5.69. The van der Waals surface area contributed by atoms with Crippen LogP contribution in [0.3, 0.4) is 0 Å². The van der Waals surface area contributed by atoms with E-state index in [-0.39, 0.29) is 5.56 Å². The minimum absolute atomic E-state index is 0.0503. The monoisotopic (exact) mass is 343 g/mol. The summed E-state index contributed by atoms with van der Waals surface area (Å²) in [6.45, 7) is 2.41. The van der Waals surface area contributed by atoms with Gasteiger partial charge in [0, 0.05) is 21.9 Å². The normalized spacial score (nSPS) is 10.8. The zero-order valence-electron chi connectivity index (χ0n) is 11.5. The number of rotatable bonds is 3. The topological polar surface area (TPSA) is 46.4 Å². The minimum atomic E-state index is -0.0503. The molecule has 0 aliphatic rings. The summed E-state index contributed by atoms with van der Waals surface area (Å²) in [5.74, 6) is 0. The summed E-state index contributed by atoms with van der Waals surface area (Å²) < 4.78 is 2.65. The van der Waals surface area contributed by atoms with E-state index in [9.17, 15) is 4.79 Å². The van der Waals surface area contributed by atoms with Gasteiger partial charge in [-0.15, -0.1) is 0 Å². The van der Waals surface area contributed by atoms with E-state index in [1.165, 1.54) is 0 Å². The number of pyridine rings is 1. The first-order chi connectivity index (χ1) is 10.1. The highest BCUT2D eigenvalue weighted by atomic mass is 79.9.